The van der Waals surface area contributed by atoms with Crippen molar-refractivity contribution >= 4 is 17.3 Å². The van der Waals surface area contributed by atoms with Crippen molar-refractivity contribution in [3.63, 3.8) is 0 Å². The van der Waals surface area contributed by atoms with Gasteiger partial charge in [-0.1, -0.05) is 47.5 Å². The van der Waals surface area contributed by atoms with Crippen LogP contribution in [0.4, 0.5) is 5.69 Å². The molecule has 0 aliphatic carbocycles. The molecule has 1 nitrogen and oxygen atoms in total. The first-order valence-corrected chi connectivity index (χ1v) is 5.63. The molecule has 0 fully saturated rings. The Labute approximate surface area is 101 Å². The van der Waals surface area contributed by atoms with Gasteiger partial charge >= 0.3 is 0 Å². The van der Waals surface area contributed by atoms with E-state index in [1.165, 1.54) is 5.56 Å². The van der Waals surface area contributed by atoms with E-state index in [4.69, 9.17) is 17.3 Å². The van der Waals surface area contributed by atoms with Crippen LogP contribution >= 0.6 is 11.6 Å². The van der Waals surface area contributed by atoms with E-state index in [1.807, 2.05) is 36.4 Å². The largest absolute Gasteiger partial charge is 0.398 e. The second-order valence-electron chi connectivity index (χ2n) is 3.97. The van der Waals surface area contributed by atoms with E-state index < -0.39 is 0 Å². The van der Waals surface area contributed by atoms with Crippen LogP contribution in [0.1, 0.15) is 16.7 Å². The smallest absolute Gasteiger partial charge is 0.0441 e. The van der Waals surface area contributed by atoms with Crippen molar-refractivity contribution in [3.05, 3.63) is 64.2 Å². The summed E-state index contributed by atoms with van der Waals surface area (Å²) < 4.78 is 0. The molecule has 16 heavy (non-hydrogen) atoms. The number of benzene rings is 2. The van der Waals surface area contributed by atoms with E-state index in [9.17, 15) is 0 Å². The highest BCUT2D eigenvalue weighted by molar-refractivity contribution is 6.31. The van der Waals surface area contributed by atoms with Gasteiger partial charge in [0.1, 0.15) is 0 Å². The molecule has 2 N–H and O–H groups in total. The monoisotopic (exact) mass is 231 g/mol. The molecule has 0 unspecified atom stereocenters. The highest BCUT2D eigenvalue weighted by Crippen LogP contribution is 2.22. The van der Waals surface area contributed by atoms with E-state index in [1.54, 1.807) is 0 Å². The molecule has 0 radical (unpaired) electrons. The first-order valence-electron chi connectivity index (χ1n) is 5.25. The van der Waals surface area contributed by atoms with Crippen LogP contribution < -0.4 is 5.73 Å². The van der Waals surface area contributed by atoms with Gasteiger partial charge in [0.25, 0.3) is 0 Å². The lowest BCUT2D eigenvalue weighted by Gasteiger charge is -2.08. The molecule has 0 aliphatic rings. The molecule has 0 atom stereocenters. The van der Waals surface area contributed by atoms with Gasteiger partial charge in [-0.15, -0.1) is 0 Å². The highest BCUT2D eigenvalue weighted by Gasteiger charge is 2.04. The lowest BCUT2D eigenvalue weighted by molar-refractivity contribution is 1.19. The maximum atomic E-state index is 6.13. The summed E-state index contributed by atoms with van der Waals surface area (Å²) in [5.41, 5.74) is 10.2. The summed E-state index contributed by atoms with van der Waals surface area (Å²) in [5, 5.41) is 0.795. The zero-order chi connectivity index (χ0) is 11.5. The lowest BCUT2D eigenvalue weighted by Crippen LogP contribution is -1.96. The lowest BCUT2D eigenvalue weighted by atomic mass is 10.0. The van der Waals surface area contributed by atoms with Crippen molar-refractivity contribution in [2.24, 2.45) is 0 Å². The third-order valence-electron chi connectivity index (χ3n) is 2.64. The molecule has 0 saturated heterocycles. The van der Waals surface area contributed by atoms with Crippen molar-refractivity contribution in [1.29, 1.82) is 0 Å². The van der Waals surface area contributed by atoms with E-state index >= 15 is 0 Å². The molecule has 2 rings (SSSR count). The summed E-state index contributed by atoms with van der Waals surface area (Å²) in [6, 6.07) is 13.9. The van der Waals surface area contributed by atoms with Crippen molar-refractivity contribution in [2.45, 2.75) is 13.3 Å². The van der Waals surface area contributed by atoms with Crippen molar-refractivity contribution < 1.29 is 0 Å². The summed E-state index contributed by atoms with van der Waals surface area (Å²) in [6.07, 6.45) is 0.785. The Balaban J connectivity index is 2.34. The highest BCUT2D eigenvalue weighted by atomic mass is 35.5. The van der Waals surface area contributed by atoms with Crippen molar-refractivity contribution in [2.75, 3.05) is 5.73 Å². The van der Waals surface area contributed by atoms with Crippen LogP contribution in [0.3, 0.4) is 0 Å². The topological polar surface area (TPSA) is 26.0 Å². The number of hydrogen-bond donors (Lipinski definition) is 1. The Hall–Kier alpha value is -1.47. The van der Waals surface area contributed by atoms with Gasteiger partial charge in [-0.25, -0.2) is 0 Å². The van der Waals surface area contributed by atoms with Gasteiger partial charge in [0, 0.05) is 17.1 Å². The normalized spacial score (nSPS) is 10.4. The van der Waals surface area contributed by atoms with E-state index in [0.29, 0.717) is 0 Å². The molecule has 0 aromatic heterocycles. The van der Waals surface area contributed by atoms with Gasteiger partial charge in [-0.3, -0.25) is 0 Å². The maximum absolute atomic E-state index is 6.13. The van der Waals surface area contributed by atoms with Crippen LogP contribution in [0.2, 0.25) is 5.02 Å². The summed E-state index contributed by atoms with van der Waals surface area (Å²) in [4.78, 5) is 0. The first-order chi connectivity index (χ1) is 7.66. The van der Waals surface area contributed by atoms with Gasteiger partial charge in [-0.2, -0.15) is 0 Å². The number of rotatable bonds is 2. The summed E-state index contributed by atoms with van der Waals surface area (Å²) >= 11 is 6.13. The van der Waals surface area contributed by atoms with E-state index in [2.05, 4.69) is 13.0 Å². The SMILES string of the molecule is Cc1ccc(N)c(Cc2ccccc2Cl)c1. The van der Waals surface area contributed by atoms with E-state index in [-0.39, 0.29) is 0 Å². The van der Waals surface area contributed by atoms with Crippen LogP contribution in [-0.4, -0.2) is 0 Å². The third kappa shape index (κ3) is 2.37. The van der Waals surface area contributed by atoms with Crippen molar-refractivity contribution in [3.8, 4) is 0 Å². The standard InChI is InChI=1S/C14H14ClN/c1-10-6-7-14(16)12(8-10)9-11-4-2-3-5-13(11)15/h2-8H,9,16H2,1H3. The zero-order valence-electron chi connectivity index (χ0n) is 9.20. The average molecular weight is 232 g/mol. The molecular formula is C14H14ClN. The fraction of sp³-hybridized carbons (Fsp3) is 0.143. The molecular weight excluding hydrogens is 218 g/mol. The van der Waals surface area contributed by atoms with Crippen LogP contribution in [0.5, 0.6) is 0 Å². The number of anilines is 1. The fourth-order valence-corrected chi connectivity index (χ4v) is 1.94. The van der Waals surface area contributed by atoms with Gasteiger partial charge in [0.15, 0.2) is 0 Å². The van der Waals surface area contributed by atoms with E-state index in [0.717, 1.165) is 28.3 Å². The summed E-state index contributed by atoms with van der Waals surface area (Å²) in [6.45, 7) is 2.07. The second-order valence-corrected chi connectivity index (χ2v) is 4.38. The van der Waals surface area contributed by atoms with Crippen LogP contribution in [-0.2, 0) is 6.42 Å². The van der Waals surface area contributed by atoms with Gasteiger partial charge in [-0.05, 0) is 30.2 Å². The number of nitrogens with two attached hydrogens (primary N) is 1. The molecule has 0 saturated carbocycles. The predicted octanol–water partition coefficient (Wildman–Crippen LogP) is 3.82. The third-order valence-corrected chi connectivity index (χ3v) is 3.01. The first kappa shape index (κ1) is 11.0. The molecule has 82 valence electrons. The van der Waals surface area contributed by atoms with Crippen molar-refractivity contribution in [1.82, 2.24) is 0 Å². The molecule has 0 aliphatic heterocycles. The Morgan fingerprint density at radius 3 is 2.56 bits per heavy atom. The molecule has 2 aromatic carbocycles. The van der Waals surface area contributed by atoms with Gasteiger partial charge < -0.3 is 5.73 Å². The quantitative estimate of drug-likeness (QED) is 0.782. The van der Waals surface area contributed by atoms with Gasteiger partial charge in [0.05, 0.1) is 0 Å². The number of nitrogen functional groups attached to an aromatic ring is 1. The average Bonchev–Trinajstić information content (AvgIpc) is 2.27. The fourth-order valence-electron chi connectivity index (χ4n) is 1.73. The Morgan fingerprint density at radius 1 is 1.06 bits per heavy atom. The number of aryl methyl sites for hydroxylation is 1. The Kier molecular flexibility index (Phi) is 3.16. The minimum Gasteiger partial charge on any atom is -0.398 e. The maximum Gasteiger partial charge on any atom is 0.0441 e. The Bertz CT molecular complexity index is 506. The number of halogens is 1. The molecule has 2 aromatic rings. The molecule has 0 spiro atoms. The summed E-state index contributed by atoms with van der Waals surface area (Å²) in [5.74, 6) is 0. The minimum atomic E-state index is 0.785. The van der Waals surface area contributed by atoms with Crippen LogP contribution in [0, 0.1) is 6.92 Å². The zero-order valence-corrected chi connectivity index (χ0v) is 9.96. The molecule has 0 heterocycles. The van der Waals surface area contributed by atoms with Crippen LogP contribution in [0.15, 0.2) is 42.5 Å². The van der Waals surface area contributed by atoms with Crippen LogP contribution in [0.25, 0.3) is 0 Å². The minimum absolute atomic E-state index is 0.785. The number of hydrogen-bond acceptors (Lipinski definition) is 1. The molecule has 0 bridgehead atoms. The molecule has 2 heteroatoms. The second kappa shape index (κ2) is 4.58. The molecule has 0 amide bonds. The predicted molar refractivity (Wildman–Crippen MR) is 69.8 cm³/mol. The summed E-state index contributed by atoms with van der Waals surface area (Å²) in [7, 11) is 0. The Morgan fingerprint density at radius 2 is 1.81 bits per heavy atom. The van der Waals surface area contributed by atoms with Gasteiger partial charge in [0.2, 0.25) is 0 Å².